The Morgan fingerprint density at radius 1 is 1.18 bits per heavy atom. The normalized spacial score (nSPS) is 16.5. The van der Waals surface area contributed by atoms with E-state index >= 15 is 0 Å². The lowest BCUT2D eigenvalue weighted by Gasteiger charge is -2.26. The molecule has 0 aromatic heterocycles. The summed E-state index contributed by atoms with van der Waals surface area (Å²) in [4.78, 5) is 38.4. The summed E-state index contributed by atoms with van der Waals surface area (Å²) in [7, 11) is 0. The first-order chi connectivity index (χ1) is 16.0. The van der Waals surface area contributed by atoms with Gasteiger partial charge in [0.2, 0.25) is 5.91 Å². The van der Waals surface area contributed by atoms with Gasteiger partial charge < -0.3 is 20.3 Å². The highest BCUT2D eigenvalue weighted by Crippen LogP contribution is 2.31. The van der Waals surface area contributed by atoms with Gasteiger partial charge in [0.1, 0.15) is 31.0 Å². The lowest BCUT2D eigenvalue weighted by atomic mass is 10.0. The number of para-hydroxylation sites is 2. The van der Waals surface area contributed by atoms with E-state index < -0.39 is 36.5 Å². The van der Waals surface area contributed by atoms with Crippen molar-refractivity contribution in [2.75, 3.05) is 31.2 Å². The Morgan fingerprint density at radius 2 is 1.85 bits per heavy atom. The summed E-state index contributed by atoms with van der Waals surface area (Å²) in [5, 5.41) is 12.4. The molecule has 0 bridgehead atoms. The fourth-order valence-corrected chi connectivity index (χ4v) is 3.90. The largest absolute Gasteiger partial charge is 0.489 e. The molecule has 1 amide bonds. The van der Waals surface area contributed by atoms with Gasteiger partial charge in [0.15, 0.2) is 0 Å². The van der Waals surface area contributed by atoms with Crippen molar-refractivity contribution in [2.45, 2.75) is 70.4 Å². The Bertz CT molecular complexity index is 772. The van der Waals surface area contributed by atoms with Crippen LogP contribution in [0.5, 0.6) is 5.75 Å². The summed E-state index contributed by atoms with van der Waals surface area (Å²) in [6, 6.07) is 5.27. The lowest BCUT2D eigenvalue weighted by molar-refractivity contribution is -0.146. The molecule has 0 fully saturated rings. The maximum absolute atomic E-state index is 13.2. The summed E-state index contributed by atoms with van der Waals surface area (Å²) < 4.78 is 11.0. The molecule has 2 rings (SSSR count). The number of amides is 1. The molecule has 1 aliphatic rings. The zero-order valence-electron chi connectivity index (χ0n) is 19.5. The monoisotopic (exact) mass is 463 g/mol. The van der Waals surface area contributed by atoms with Gasteiger partial charge in [0.05, 0.1) is 12.3 Å². The Kier molecular flexibility index (Phi) is 11.7. The number of carboxylic acid groups (broad SMARTS) is 1. The zero-order valence-corrected chi connectivity index (χ0v) is 19.5. The SMILES string of the molecule is CCOC(=O)[C@H](CCCCCCCCCN)NC1COc2ccccc2N(CC(=O)O)C1=O. The molecule has 9 nitrogen and oxygen atoms in total. The fourth-order valence-electron chi connectivity index (χ4n) is 3.90. The molecule has 4 N–H and O–H groups in total. The van der Waals surface area contributed by atoms with Crippen LogP contribution in [0.1, 0.15) is 58.3 Å². The highest BCUT2D eigenvalue weighted by molar-refractivity contribution is 6.02. The van der Waals surface area contributed by atoms with Gasteiger partial charge in [-0.25, -0.2) is 0 Å². The molecule has 0 aliphatic carbocycles. The molecule has 1 unspecified atom stereocenters. The topological polar surface area (TPSA) is 131 Å². The van der Waals surface area contributed by atoms with E-state index in [0.717, 1.165) is 51.5 Å². The van der Waals surface area contributed by atoms with Gasteiger partial charge in [-0.2, -0.15) is 0 Å². The van der Waals surface area contributed by atoms with E-state index in [0.29, 0.717) is 17.9 Å². The van der Waals surface area contributed by atoms with E-state index in [1.54, 1.807) is 31.2 Å². The average Bonchev–Trinajstić information content (AvgIpc) is 2.92. The number of carbonyl (C=O) groups excluding carboxylic acids is 2. The van der Waals surface area contributed by atoms with Crippen LogP contribution >= 0.6 is 0 Å². The van der Waals surface area contributed by atoms with Gasteiger partial charge in [-0.1, -0.05) is 50.7 Å². The van der Waals surface area contributed by atoms with E-state index in [1.165, 1.54) is 4.90 Å². The smallest absolute Gasteiger partial charge is 0.323 e. The standard InChI is InChI=1S/C24H37N3O6/c1-2-32-24(31)18(12-8-6-4-3-5-7-11-15-25)26-19-17-33-21-14-10-9-13-20(21)27(23(19)30)16-22(28)29/h9-10,13-14,18-19,26H,2-8,11-12,15-17,25H2,1H3,(H,28,29)/t18-,19?/m0/s1. The quantitative estimate of drug-likeness (QED) is 0.267. The third kappa shape index (κ3) is 8.66. The summed E-state index contributed by atoms with van der Waals surface area (Å²) in [5.74, 6) is -1.57. The highest BCUT2D eigenvalue weighted by Gasteiger charge is 2.35. The molecule has 33 heavy (non-hydrogen) atoms. The molecule has 184 valence electrons. The van der Waals surface area contributed by atoms with E-state index in [-0.39, 0.29) is 13.2 Å². The molecule has 9 heteroatoms. The van der Waals surface area contributed by atoms with Crippen molar-refractivity contribution in [1.29, 1.82) is 0 Å². The molecule has 0 saturated heterocycles. The van der Waals surface area contributed by atoms with E-state index in [4.69, 9.17) is 15.2 Å². The predicted molar refractivity (Wildman–Crippen MR) is 125 cm³/mol. The number of nitrogens with zero attached hydrogens (tertiary/aromatic N) is 1. The minimum Gasteiger partial charge on any atom is -0.489 e. The second kappa shape index (κ2) is 14.5. The number of nitrogens with two attached hydrogens (primary N) is 1. The van der Waals surface area contributed by atoms with Gasteiger partial charge in [-0.3, -0.25) is 24.6 Å². The molecule has 1 aromatic carbocycles. The van der Waals surface area contributed by atoms with Crippen molar-refractivity contribution in [3.8, 4) is 5.75 Å². The molecule has 0 radical (unpaired) electrons. The van der Waals surface area contributed by atoms with Gasteiger partial charge in [0, 0.05) is 0 Å². The number of unbranched alkanes of at least 4 members (excludes halogenated alkanes) is 6. The number of benzene rings is 1. The molecular formula is C24H37N3O6. The Labute approximate surface area is 195 Å². The first-order valence-electron chi connectivity index (χ1n) is 11.9. The lowest BCUT2D eigenvalue weighted by Crippen LogP contribution is -2.54. The van der Waals surface area contributed by atoms with Crippen molar-refractivity contribution in [2.24, 2.45) is 5.73 Å². The second-order valence-corrected chi connectivity index (χ2v) is 8.17. The summed E-state index contributed by atoms with van der Waals surface area (Å²) in [6.45, 7) is 2.20. The Hall–Kier alpha value is -2.65. The molecule has 1 aliphatic heterocycles. The first kappa shape index (κ1) is 26.6. The summed E-state index contributed by atoms with van der Waals surface area (Å²) in [6.07, 6.45) is 7.88. The van der Waals surface area contributed by atoms with Crippen LogP contribution in [0.4, 0.5) is 5.69 Å². The second-order valence-electron chi connectivity index (χ2n) is 8.17. The first-order valence-corrected chi connectivity index (χ1v) is 11.9. The van der Waals surface area contributed by atoms with Crippen LogP contribution in [-0.4, -0.2) is 61.3 Å². The van der Waals surface area contributed by atoms with Crippen LogP contribution in [0.2, 0.25) is 0 Å². The number of carbonyl (C=O) groups is 3. The zero-order chi connectivity index (χ0) is 24.1. The van der Waals surface area contributed by atoms with Gasteiger partial charge in [-0.05, 0) is 38.4 Å². The maximum atomic E-state index is 13.2. The Balaban J connectivity index is 2.01. The van der Waals surface area contributed by atoms with E-state index in [2.05, 4.69) is 5.32 Å². The number of nitrogens with one attached hydrogen (secondary N) is 1. The molecule has 0 spiro atoms. The van der Waals surface area contributed by atoms with Crippen molar-refractivity contribution < 1.29 is 29.0 Å². The van der Waals surface area contributed by atoms with E-state index in [1.807, 2.05) is 0 Å². The van der Waals surface area contributed by atoms with Gasteiger partial charge in [-0.15, -0.1) is 0 Å². The number of rotatable bonds is 15. The number of aliphatic carboxylic acids is 1. The highest BCUT2D eigenvalue weighted by atomic mass is 16.5. The summed E-state index contributed by atoms with van der Waals surface area (Å²) >= 11 is 0. The van der Waals surface area contributed by atoms with Crippen molar-refractivity contribution in [3.05, 3.63) is 24.3 Å². The number of ether oxygens (including phenoxy) is 2. The number of carboxylic acids is 1. The van der Waals surface area contributed by atoms with Crippen molar-refractivity contribution >= 4 is 23.5 Å². The predicted octanol–water partition coefficient (Wildman–Crippen LogP) is 2.47. The van der Waals surface area contributed by atoms with E-state index in [9.17, 15) is 19.5 Å². The Morgan fingerprint density at radius 3 is 2.52 bits per heavy atom. The van der Waals surface area contributed by atoms with Crippen molar-refractivity contribution in [3.63, 3.8) is 0 Å². The third-order valence-electron chi connectivity index (χ3n) is 5.59. The molecular weight excluding hydrogens is 426 g/mol. The third-order valence-corrected chi connectivity index (χ3v) is 5.59. The number of hydrogen-bond acceptors (Lipinski definition) is 7. The van der Waals surface area contributed by atoms with Crippen LogP contribution < -0.4 is 20.7 Å². The number of esters is 1. The molecule has 2 atom stereocenters. The van der Waals surface area contributed by atoms with Crippen LogP contribution in [0, 0.1) is 0 Å². The maximum Gasteiger partial charge on any atom is 0.323 e. The fraction of sp³-hybridized carbons (Fsp3) is 0.625. The number of anilines is 1. The average molecular weight is 464 g/mol. The number of fused-ring (bicyclic) bond motifs is 1. The van der Waals surface area contributed by atoms with Crippen LogP contribution in [-0.2, 0) is 19.1 Å². The number of hydrogen-bond donors (Lipinski definition) is 3. The molecule has 1 aromatic rings. The summed E-state index contributed by atoms with van der Waals surface area (Å²) in [5.41, 5.74) is 5.91. The van der Waals surface area contributed by atoms with Crippen LogP contribution in [0.3, 0.4) is 0 Å². The molecule has 1 heterocycles. The van der Waals surface area contributed by atoms with Crippen molar-refractivity contribution in [1.82, 2.24) is 5.32 Å². The van der Waals surface area contributed by atoms with Crippen LogP contribution in [0.15, 0.2) is 24.3 Å². The molecule has 0 saturated carbocycles. The van der Waals surface area contributed by atoms with Gasteiger partial charge >= 0.3 is 11.9 Å². The minimum atomic E-state index is -1.13. The minimum absolute atomic E-state index is 0.0109. The van der Waals surface area contributed by atoms with Gasteiger partial charge in [0.25, 0.3) is 0 Å². The van der Waals surface area contributed by atoms with Crippen LogP contribution in [0.25, 0.3) is 0 Å².